The highest BCUT2D eigenvalue weighted by Gasteiger charge is 2.19. The minimum absolute atomic E-state index is 0.108. The number of methoxy groups -OCH3 is 1. The predicted molar refractivity (Wildman–Crippen MR) is 101 cm³/mol. The second kappa shape index (κ2) is 9.44. The number of amides is 1. The zero-order valence-electron chi connectivity index (χ0n) is 15.5. The second-order valence-electron chi connectivity index (χ2n) is 5.87. The first kappa shape index (κ1) is 20.1. The van der Waals surface area contributed by atoms with E-state index >= 15 is 0 Å². The lowest BCUT2D eigenvalue weighted by Gasteiger charge is -2.12. The molecule has 142 valence electrons. The summed E-state index contributed by atoms with van der Waals surface area (Å²) < 4.78 is 12.0. The maximum atomic E-state index is 12.0. The third-order valence-electron chi connectivity index (χ3n) is 3.68. The summed E-state index contributed by atoms with van der Waals surface area (Å²) in [6.45, 7) is 6.93. The molecule has 1 heterocycles. The Morgan fingerprint density at radius 2 is 2.15 bits per heavy atom. The Balaban J connectivity index is 1.93. The lowest BCUT2D eigenvalue weighted by molar-refractivity contribution is -0.120. The number of nitrogens with one attached hydrogen (secondary N) is 1. The second-order valence-corrected chi connectivity index (χ2v) is 7.18. The molecule has 1 aromatic heterocycles. The normalized spacial score (nSPS) is 12.0. The Morgan fingerprint density at radius 1 is 1.38 bits per heavy atom. The van der Waals surface area contributed by atoms with Crippen molar-refractivity contribution in [3.05, 3.63) is 35.2 Å². The van der Waals surface area contributed by atoms with E-state index in [1.807, 2.05) is 32.0 Å². The summed E-state index contributed by atoms with van der Waals surface area (Å²) in [7, 11) is 1.59. The molecule has 0 spiro atoms. The van der Waals surface area contributed by atoms with Crippen molar-refractivity contribution in [3.63, 3.8) is 0 Å². The molecule has 0 aliphatic carbocycles. The fourth-order valence-electron chi connectivity index (χ4n) is 2.22. The highest BCUT2D eigenvalue weighted by Crippen LogP contribution is 2.22. The van der Waals surface area contributed by atoms with Crippen molar-refractivity contribution in [3.8, 4) is 5.75 Å². The quantitative estimate of drug-likeness (QED) is 0.386. The van der Waals surface area contributed by atoms with Crippen LogP contribution in [0.15, 0.2) is 23.4 Å². The van der Waals surface area contributed by atoms with Gasteiger partial charge in [0.15, 0.2) is 5.82 Å². The number of nitrogen functional groups attached to an aromatic ring is 1. The first-order valence-electron chi connectivity index (χ1n) is 8.25. The van der Waals surface area contributed by atoms with Crippen LogP contribution >= 0.6 is 11.8 Å². The van der Waals surface area contributed by atoms with Crippen molar-refractivity contribution in [1.29, 1.82) is 0 Å². The van der Waals surface area contributed by atoms with Gasteiger partial charge in [-0.15, -0.1) is 10.2 Å². The molecule has 0 aliphatic heterocycles. The molecule has 2 aromatic rings. The van der Waals surface area contributed by atoms with E-state index in [0.29, 0.717) is 24.1 Å². The molecule has 2 rings (SSSR count). The molecule has 1 amide bonds. The van der Waals surface area contributed by atoms with Gasteiger partial charge in [0.1, 0.15) is 12.4 Å². The topological polar surface area (TPSA) is 104 Å². The Morgan fingerprint density at radius 3 is 2.85 bits per heavy atom. The van der Waals surface area contributed by atoms with Crippen molar-refractivity contribution >= 4 is 17.7 Å². The van der Waals surface area contributed by atoms with Crippen LogP contribution < -0.4 is 15.9 Å². The number of aromatic nitrogens is 3. The molecule has 0 fully saturated rings. The molecular weight excluding hydrogens is 354 g/mol. The third kappa shape index (κ3) is 5.37. The standard InChI is InChI=1S/C17H25N5O3S/c1-11-5-6-14(12(2)9-11)25-10-15-20-21-17(22(15)18)26-13(3)16(23)19-7-8-24-4/h5-6,9,13H,7-8,10,18H2,1-4H3,(H,19,23)/t13-/m1/s1. The first-order chi connectivity index (χ1) is 12.4. The lowest BCUT2D eigenvalue weighted by Crippen LogP contribution is -2.33. The molecule has 0 bridgehead atoms. The number of thioether (sulfide) groups is 1. The van der Waals surface area contributed by atoms with Gasteiger partial charge in [-0.1, -0.05) is 29.5 Å². The summed E-state index contributed by atoms with van der Waals surface area (Å²) in [6, 6.07) is 5.96. The van der Waals surface area contributed by atoms with Crippen molar-refractivity contribution in [2.45, 2.75) is 37.8 Å². The van der Waals surface area contributed by atoms with E-state index in [9.17, 15) is 4.79 Å². The Kier molecular flexibility index (Phi) is 7.28. The van der Waals surface area contributed by atoms with Gasteiger partial charge in [0.05, 0.1) is 11.9 Å². The van der Waals surface area contributed by atoms with E-state index in [-0.39, 0.29) is 17.8 Å². The summed E-state index contributed by atoms with van der Waals surface area (Å²) in [5.41, 5.74) is 2.22. The summed E-state index contributed by atoms with van der Waals surface area (Å²) in [5, 5.41) is 11.0. The van der Waals surface area contributed by atoms with E-state index in [4.69, 9.17) is 15.3 Å². The number of benzene rings is 1. The minimum atomic E-state index is -0.355. The molecule has 0 aliphatic rings. The number of nitrogens with two attached hydrogens (primary N) is 1. The molecule has 9 heteroatoms. The van der Waals surface area contributed by atoms with E-state index in [2.05, 4.69) is 15.5 Å². The van der Waals surface area contributed by atoms with Crippen LogP contribution in [0.5, 0.6) is 5.75 Å². The summed E-state index contributed by atoms with van der Waals surface area (Å²) in [5.74, 6) is 7.19. The molecule has 8 nitrogen and oxygen atoms in total. The summed E-state index contributed by atoms with van der Waals surface area (Å²) >= 11 is 1.24. The lowest BCUT2D eigenvalue weighted by atomic mass is 10.1. The molecule has 0 saturated heterocycles. The van der Waals surface area contributed by atoms with Gasteiger partial charge in [-0.05, 0) is 32.4 Å². The number of nitrogens with zero attached hydrogens (tertiary/aromatic N) is 3. The zero-order chi connectivity index (χ0) is 19.1. The number of carbonyl (C=O) groups is 1. The van der Waals surface area contributed by atoms with Gasteiger partial charge in [-0.3, -0.25) is 4.79 Å². The van der Waals surface area contributed by atoms with E-state index < -0.39 is 0 Å². The van der Waals surface area contributed by atoms with Crippen LogP contribution in [0, 0.1) is 13.8 Å². The number of hydrogen-bond acceptors (Lipinski definition) is 7. The molecule has 1 atom stereocenters. The van der Waals surface area contributed by atoms with Crippen LogP contribution in [0.25, 0.3) is 0 Å². The van der Waals surface area contributed by atoms with Gasteiger partial charge >= 0.3 is 0 Å². The highest BCUT2D eigenvalue weighted by molar-refractivity contribution is 8.00. The van der Waals surface area contributed by atoms with Gasteiger partial charge in [-0.25, -0.2) is 4.68 Å². The van der Waals surface area contributed by atoms with Crippen LogP contribution in [-0.4, -0.2) is 46.3 Å². The molecule has 0 radical (unpaired) electrons. The van der Waals surface area contributed by atoms with Crippen molar-refractivity contribution in [2.75, 3.05) is 26.1 Å². The van der Waals surface area contributed by atoms with Gasteiger partial charge in [0, 0.05) is 13.7 Å². The Hall–Kier alpha value is -2.26. The van der Waals surface area contributed by atoms with E-state index in [1.54, 1.807) is 14.0 Å². The van der Waals surface area contributed by atoms with Gasteiger partial charge in [-0.2, -0.15) is 0 Å². The highest BCUT2D eigenvalue weighted by atomic mass is 32.2. The van der Waals surface area contributed by atoms with Crippen LogP contribution in [0.2, 0.25) is 0 Å². The first-order valence-corrected chi connectivity index (χ1v) is 9.13. The molecule has 0 unspecified atom stereocenters. The van der Waals surface area contributed by atoms with E-state index in [1.165, 1.54) is 22.0 Å². The zero-order valence-corrected chi connectivity index (χ0v) is 16.3. The number of carbonyl (C=O) groups excluding carboxylic acids is 1. The fourth-order valence-corrected chi connectivity index (χ4v) is 3.03. The number of hydrogen-bond donors (Lipinski definition) is 2. The summed E-state index contributed by atoms with van der Waals surface area (Å²) in [4.78, 5) is 12.0. The number of ether oxygens (including phenoxy) is 2. The maximum Gasteiger partial charge on any atom is 0.233 e. The molecule has 0 saturated carbocycles. The Bertz CT molecular complexity index is 750. The van der Waals surface area contributed by atoms with Crippen molar-refractivity contribution in [2.24, 2.45) is 0 Å². The average Bonchev–Trinajstić information content (AvgIpc) is 2.94. The third-order valence-corrected chi connectivity index (χ3v) is 4.74. The number of aryl methyl sites for hydroxylation is 2. The van der Waals surface area contributed by atoms with Gasteiger partial charge in [0.25, 0.3) is 0 Å². The molecular formula is C17H25N5O3S. The van der Waals surface area contributed by atoms with Gasteiger partial charge in [0.2, 0.25) is 11.1 Å². The van der Waals surface area contributed by atoms with Crippen molar-refractivity contribution in [1.82, 2.24) is 20.2 Å². The average molecular weight is 379 g/mol. The largest absolute Gasteiger partial charge is 0.485 e. The van der Waals surface area contributed by atoms with Crippen molar-refractivity contribution < 1.29 is 14.3 Å². The Labute approximate surface area is 157 Å². The monoisotopic (exact) mass is 379 g/mol. The SMILES string of the molecule is COCCNC(=O)[C@@H](C)Sc1nnc(COc2ccc(C)cc2C)n1N. The molecule has 26 heavy (non-hydrogen) atoms. The smallest absolute Gasteiger partial charge is 0.233 e. The molecule has 3 N–H and O–H groups in total. The number of rotatable bonds is 9. The van der Waals surface area contributed by atoms with Crippen LogP contribution in [0.4, 0.5) is 0 Å². The molecule has 1 aromatic carbocycles. The van der Waals surface area contributed by atoms with E-state index in [0.717, 1.165) is 11.3 Å². The van der Waals surface area contributed by atoms with Crippen LogP contribution in [-0.2, 0) is 16.1 Å². The van der Waals surface area contributed by atoms with Crippen LogP contribution in [0.3, 0.4) is 0 Å². The predicted octanol–water partition coefficient (Wildman–Crippen LogP) is 1.43. The summed E-state index contributed by atoms with van der Waals surface area (Å²) in [6.07, 6.45) is 0. The minimum Gasteiger partial charge on any atom is -0.485 e. The maximum absolute atomic E-state index is 12.0. The fraction of sp³-hybridized carbons (Fsp3) is 0.471. The van der Waals surface area contributed by atoms with Crippen LogP contribution in [0.1, 0.15) is 23.9 Å². The van der Waals surface area contributed by atoms with Gasteiger partial charge < -0.3 is 20.6 Å².